The van der Waals surface area contributed by atoms with Crippen LogP contribution in [0.2, 0.25) is 0 Å². The lowest BCUT2D eigenvalue weighted by Crippen LogP contribution is -2.44. The van der Waals surface area contributed by atoms with Gasteiger partial charge in [-0.1, -0.05) is 15.9 Å². The maximum atomic E-state index is 12.7. The lowest BCUT2D eigenvalue weighted by atomic mass is 9.99. The van der Waals surface area contributed by atoms with Crippen LogP contribution in [0.5, 0.6) is 0 Å². The maximum absolute atomic E-state index is 12.7. The largest absolute Gasteiger partial charge is 0.336 e. The number of amides is 1. The lowest BCUT2D eigenvalue weighted by molar-refractivity contribution is 0.0608. The van der Waals surface area contributed by atoms with E-state index in [1.165, 1.54) is 6.42 Å². The minimum atomic E-state index is 0.1000. The molecule has 1 saturated heterocycles. The summed E-state index contributed by atoms with van der Waals surface area (Å²) >= 11 is 12.7. The number of hydrogen-bond donors (Lipinski definition) is 0. The van der Waals surface area contributed by atoms with Gasteiger partial charge >= 0.3 is 0 Å². The molecule has 2 rings (SSSR count). The number of piperidine rings is 1. The van der Waals surface area contributed by atoms with Crippen molar-refractivity contribution < 1.29 is 4.79 Å². The summed E-state index contributed by atoms with van der Waals surface area (Å²) in [5.74, 6) is 0.705. The van der Waals surface area contributed by atoms with Crippen LogP contribution >= 0.6 is 43.5 Å². The molecule has 19 heavy (non-hydrogen) atoms. The number of alkyl halides is 1. The van der Waals surface area contributed by atoms with E-state index in [4.69, 9.17) is 11.6 Å². The zero-order chi connectivity index (χ0) is 13.8. The lowest BCUT2D eigenvalue weighted by Gasteiger charge is -2.35. The molecule has 0 aliphatic carbocycles. The number of nitrogens with zero attached hydrogens (tertiary/aromatic N) is 1. The first kappa shape index (κ1) is 15.3. The number of carbonyl (C=O) groups excluding carboxylic acids is 1. The Morgan fingerprint density at radius 1 is 1.37 bits per heavy atom. The topological polar surface area (TPSA) is 20.3 Å². The van der Waals surface area contributed by atoms with E-state index in [0.29, 0.717) is 5.88 Å². The summed E-state index contributed by atoms with van der Waals surface area (Å²) in [5.41, 5.74) is 0.718. The highest BCUT2D eigenvalue weighted by Crippen LogP contribution is 2.27. The van der Waals surface area contributed by atoms with Crippen molar-refractivity contribution in [1.82, 2.24) is 4.90 Å². The third-order valence-corrected chi connectivity index (χ3v) is 4.89. The Morgan fingerprint density at radius 2 is 2.16 bits per heavy atom. The predicted octanol–water partition coefficient (Wildman–Crippen LogP) is 4.84. The number of carbonyl (C=O) groups is 1. The summed E-state index contributed by atoms with van der Waals surface area (Å²) in [7, 11) is 0. The van der Waals surface area contributed by atoms with E-state index in [9.17, 15) is 4.79 Å². The van der Waals surface area contributed by atoms with Gasteiger partial charge in [-0.3, -0.25) is 4.79 Å². The normalized spacial score (nSPS) is 19.5. The van der Waals surface area contributed by atoms with Crippen LogP contribution in [-0.2, 0) is 0 Å². The van der Waals surface area contributed by atoms with Gasteiger partial charge in [0.1, 0.15) is 0 Å². The van der Waals surface area contributed by atoms with Crippen LogP contribution in [0, 0.1) is 0 Å². The summed E-state index contributed by atoms with van der Waals surface area (Å²) in [5, 5.41) is 0. The summed E-state index contributed by atoms with van der Waals surface area (Å²) < 4.78 is 1.76. The number of halogens is 3. The van der Waals surface area contributed by atoms with E-state index in [0.717, 1.165) is 40.3 Å². The molecule has 5 heteroatoms. The highest BCUT2D eigenvalue weighted by molar-refractivity contribution is 9.11. The molecule has 0 N–H and O–H groups in total. The minimum absolute atomic E-state index is 0.1000. The first-order valence-corrected chi connectivity index (χ1v) is 8.57. The fraction of sp³-hybridized carbons (Fsp3) is 0.500. The van der Waals surface area contributed by atoms with Crippen LogP contribution in [0.4, 0.5) is 0 Å². The van der Waals surface area contributed by atoms with Gasteiger partial charge in [0.15, 0.2) is 0 Å². The van der Waals surface area contributed by atoms with Gasteiger partial charge in [0.2, 0.25) is 0 Å². The molecule has 0 bridgehead atoms. The first-order chi connectivity index (χ1) is 9.13. The van der Waals surface area contributed by atoms with Crippen molar-refractivity contribution in [2.45, 2.75) is 31.7 Å². The minimum Gasteiger partial charge on any atom is -0.336 e. The molecule has 0 spiro atoms. The second-order valence-electron chi connectivity index (χ2n) is 4.75. The van der Waals surface area contributed by atoms with Gasteiger partial charge in [0.25, 0.3) is 5.91 Å². The molecule has 1 unspecified atom stereocenters. The summed E-state index contributed by atoms with van der Waals surface area (Å²) in [4.78, 5) is 14.7. The zero-order valence-electron chi connectivity index (χ0n) is 10.5. The van der Waals surface area contributed by atoms with Gasteiger partial charge in [-0.15, -0.1) is 11.6 Å². The fourth-order valence-electron chi connectivity index (χ4n) is 2.51. The van der Waals surface area contributed by atoms with Crippen molar-refractivity contribution in [3.8, 4) is 0 Å². The molecule has 1 fully saturated rings. The first-order valence-electron chi connectivity index (χ1n) is 6.45. The molecule has 0 saturated carbocycles. The smallest absolute Gasteiger partial charge is 0.255 e. The Bertz CT molecular complexity index is 465. The highest BCUT2D eigenvalue weighted by atomic mass is 79.9. The molecule has 0 radical (unpaired) electrons. The Morgan fingerprint density at radius 3 is 2.89 bits per heavy atom. The monoisotopic (exact) mass is 407 g/mol. The average molecular weight is 410 g/mol. The van der Waals surface area contributed by atoms with E-state index in [-0.39, 0.29) is 11.9 Å². The molecule has 0 aromatic heterocycles. The van der Waals surface area contributed by atoms with Crippen molar-refractivity contribution in [2.75, 3.05) is 12.4 Å². The van der Waals surface area contributed by atoms with Gasteiger partial charge in [0.05, 0.1) is 5.56 Å². The van der Waals surface area contributed by atoms with Crippen molar-refractivity contribution in [1.29, 1.82) is 0 Å². The number of rotatable bonds is 3. The fourth-order valence-corrected chi connectivity index (χ4v) is 3.54. The van der Waals surface area contributed by atoms with Gasteiger partial charge in [-0.25, -0.2) is 0 Å². The van der Waals surface area contributed by atoms with Crippen LogP contribution < -0.4 is 0 Å². The van der Waals surface area contributed by atoms with Gasteiger partial charge in [0, 0.05) is 27.4 Å². The van der Waals surface area contributed by atoms with Crippen molar-refractivity contribution in [2.24, 2.45) is 0 Å². The maximum Gasteiger partial charge on any atom is 0.255 e. The standard InChI is InChI=1S/C14H16Br2ClNO/c15-10-4-5-13(16)12(9-10)14(19)18-8-2-1-3-11(18)6-7-17/h4-5,9,11H,1-3,6-8H2. The molecule has 1 aromatic rings. The second-order valence-corrected chi connectivity index (χ2v) is 6.90. The predicted molar refractivity (Wildman–Crippen MR) is 85.9 cm³/mol. The van der Waals surface area contributed by atoms with E-state index in [1.54, 1.807) is 0 Å². The van der Waals surface area contributed by atoms with E-state index < -0.39 is 0 Å². The summed E-state index contributed by atoms with van der Waals surface area (Å²) in [6.45, 7) is 0.833. The van der Waals surface area contributed by atoms with Crippen molar-refractivity contribution in [3.63, 3.8) is 0 Å². The van der Waals surface area contributed by atoms with Crippen LogP contribution in [-0.4, -0.2) is 29.3 Å². The molecule has 1 atom stereocenters. The Hall–Kier alpha value is -0.0600. The Kier molecular flexibility index (Phi) is 5.72. The molecule has 1 amide bonds. The third kappa shape index (κ3) is 3.73. The Labute approximate surface area is 135 Å². The SMILES string of the molecule is O=C(c1cc(Br)ccc1Br)N1CCCCC1CCCl. The zero-order valence-corrected chi connectivity index (χ0v) is 14.5. The molecule has 1 heterocycles. The Balaban J connectivity index is 2.23. The molecule has 1 aliphatic heterocycles. The van der Waals surface area contributed by atoms with Crippen LogP contribution in [0.25, 0.3) is 0 Å². The van der Waals surface area contributed by atoms with Crippen LogP contribution in [0.3, 0.4) is 0 Å². The van der Waals surface area contributed by atoms with E-state index >= 15 is 0 Å². The quantitative estimate of drug-likeness (QED) is 0.655. The molecule has 2 nitrogen and oxygen atoms in total. The molecule has 104 valence electrons. The van der Waals surface area contributed by atoms with Crippen molar-refractivity contribution >= 4 is 49.4 Å². The number of benzene rings is 1. The molecule has 1 aromatic carbocycles. The van der Waals surface area contributed by atoms with Crippen LogP contribution in [0.1, 0.15) is 36.0 Å². The second kappa shape index (κ2) is 7.09. The van der Waals surface area contributed by atoms with Gasteiger partial charge < -0.3 is 4.90 Å². The van der Waals surface area contributed by atoms with Crippen LogP contribution in [0.15, 0.2) is 27.1 Å². The molecule has 1 aliphatic rings. The molecular formula is C14H16Br2ClNO. The van der Waals surface area contributed by atoms with E-state index in [1.807, 2.05) is 23.1 Å². The summed E-state index contributed by atoms with van der Waals surface area (Å²) in [6.07, 6.45) is 4.20. The van der Waals surface area contributed by atoms with Gasteiger partial charge in [-0.2, -0.15) is 0 Å². The average Bonchev–Trinajstić information content (AvgIpc) is 2.42. The highest BCUT2D eigenvalue weighted by Gasteiger charge is 2.28. The van der Waals surface area contributed by atoms with Gasteiger partial charge in [-0.05, 0) is 59.8 Å². The molecular weight excluding hydrogens is 393 g/mol. The number of likely N-dealkylation sites (tertiary alicyclic amines) is 1. The van der Waals surface area contributed by atoms with Crippen molar-refractivity contribution in [3.05, 3.63) is 32.7 Å². The summed E-state index contributed by atoms with van der Waals surface area (Å²) in [6, 6.07) is 5.98. The third-order valence-electron chi connectivity index (χ3n) is 3.49. The number of hydrogen-bond acceptors (Lipinski definition) is 1. The van der Waals surface area contributed by atoms with E-state index in [2.05, 4.69) is 31.9 Å².